The fourth-order valence-electron chi connectivity index (χ4n) is 4.13. The van der Waals surface area contributed by atoms with Crippen LogP contribution in [0.1, 0.15) is 50.5 Å². The number of benzene rings is 2. The summed E-state index contributed by atoms with van der Waals surface area (Å²) >= 11 is 7.96. The maximum absolute atomic E-state index is 14.1. The van der Waals surface area contributed by atoms with Crippen LogP contribution in [0.15, 0.2) is 30.3 Å². The Morgan fingerprint density at radius 2 is 2.03 bits per heavy atom. The molecule has 2 N–H and O–H groups in total. The van der Waals surface area contributed by atoms with E-state index >= 15 is 0 Å². The van der Waals surface area contributed by atoms with Gasteiger partial charge in [0.25, 0.3) is 0 Å². The Morgan fingerprint density at radius 3 is 2.61 bits per heavy atom. The van der Waals surface area contributed by atoms with Gasteiger partial charge in [0.2, 0.25) is 0 Å². The predicted octanol–water partition coefficient (Wildman–Crippen LogP) is 5.99. The third-order valence-corrected chi connectivity index (χ3v) is 7.54. The van der Waals surface area contributed by atoms with Gasteiger partial charge in [0.1, 0.15) is 24.3 Å². The number of carboxylic acid groups (broad SMARTS) is 1. The zero-order chi connectivity index (χ0) is 23.1. The number of hydrogen-bond donors (Lipinski definition) is 2. The summed E-state index contributed by atoms with van der Waals surface area (Å²) < 4.78 is 20.8. The van der Waals surface area contributed by atoms with Gasteiger partial charge in [-0.3, -0.25) is 4.90 Å². The Kier molecular flexibility index (Phi) is 6.79. The third-order valence-electron chi connectivity index (χ3n) is 6.23. The molecule has 0 fully saturated rings. The topological polar surface area (TPSA) is 70.0 Å². The van der Waals surface area contributed by atoms with Crippen molar-refractivity contribution in [1.82, 2.24) is 4.90 Å². The molecule has 0 aliphatic carbocycles. The molecule has 2 aromatic carbocycles. The maximum Gasteiger partial charge on any atom is 0.408 e. The number of fused-ring (bicyclic) bond motifs is 1. The van der Waals surface area contributed by atoms with Crippen LogP contribution in [0.5, 0.6) is 5.75 Å². The number of aliphatic hydroxyl groups excluding tert-OH is 1. The van der Waals surface area contributed by atoms with Gasteiger partial charge in [0.15, 0.2) is 0 Å². The molecule has 8 heteroatoms. The number of nitrogens with zero attached hydrogens (tertiary/aromatic N) is 1. The van der Waals surface area contributed by atoms with E-state index in [4.69, 9.17) is 16.3 Å². The van der Waals surface area contributed by atoms with Crippen molar-refractivity contribution in [3.8, 4) is 5.75 Å². The summed E-state index contributed by atoms with van der Waals surface area (Å²) in [4.78, 5) is 13.6. The van der Waals surface area contributed by atoms with Crippen molar-refractivity contribution >= 4 is 40.3 Å². The molecule has 0 spiro atoms. The van der Waals surface area contributed by atoms with Gasteiger partial charge >= 0.3 is 6.09 Å². The van der Waals surface area contributed by atoms with Crippen molar-refractivity contribution in [2.75, 3.05) is 13.2 Å². The van der Waals surface area contributed by atoms with Crippen LogP contribution in [0.3, 0.4) is 0 Å². The Morgan fingerprint density at radius 1 is 1.35 bits per heavy atom. The highest BCUT2D eigenvalue weighted by atomic mass is 127. The van der Waals surface area contributed by atoms with Crippen LogP contribution >= 0.6 is 34.2 Å². The Labute approximate surface area is 200 Å². The van der Waals surface area contributed by atoms with Gasteiger partial charge in [-0.25, -0.2) is 9.18 Å². The Hall–Kier alpha value is -1.58. The van der Waals surface area contributed by atoms with E-state index in [2.05, 4.69) is 22.6 Å². The lowest BCUT2D eigenvalue weighted by Gasteiger charge is -2.52. The number of hydrogen-bond acceptors (Lipinski definition) is 3. The molecule has 1 aliphatic heterocycles. The largest absolute Gasteiger partial charge is 0.489 e. The molecule has 0 radical (unpaired) electrons. The zero-order valence-corrected chi connectivity index (χ0v) is 20.8. The molecule has 168 valence electrons. The number of aliphatic hydroxyl groups is 1. The number of halogens is 3. The summed E-state index contributed by atoms with van der Waals surface area (Å²) in [5.41, 5.74) is 0.942. The summed E-state index contributed by atoms with van der Waals surface area (Å²) in [6.45, 7) is 8.28. The van der Waals surface area contributed by atoms with E-state index in [-0.39, 0.29) is 22.6 Å². The first kappa shape index (κ1) is 24.1. The van der Waals surface area contributed by atoms with Crippen LogP contribution in [0.4, 0.5) is 9.18 Å². The van der Waals surface area contributed by atoms with Crippen molar-refractivity contribution in [3.63, 3.8) is 0 Å². The highest BCUT2D eigenvalue weighted by Crippen LogP contribution is 2.50. The lowest BCUT2D eigenvalue weighted by Crippen LogP contribution is -2.58. The standard InChI is InChI=1S/C23H26ClFINO4/c1-22(2,3)23(4)19-13(9-10-27(23)21(29)30)5-8-18(20(19)26)31-12-17(28)15-7-6-14(24)11-16(15)25/h5-8,11,17,28H,9-10,12H2,1-4H3,(H,29,30). The second kappa shape index (κ2) is 8.75. The molecule has 3 rings (SSSR count). The molecule has 5 nitrogen and oxygen atoms in total. The van der Waals surface area contributed by atoms with Crippen LogP contribution < -0.4 is 4.74 Å². The Bertz CT molecular complexity index is 1010. The first-order valence-corrected chi connectivity index (χ1v) is 11.4. The van der Waals surface area contributed by atoms with Crippen molar-refractivity contribution in [1.29, 1.82) is 0 Å². The average molecular weight is 562 g/mol. The van der Waals surface area contributed by atoms with E-state index in [1.807, 2.05) is 39.8 Å². The molecule has 0 aromatic heterocycles. The molecule has 31 heavy (non-hydrogen) atoms. The van der Waals surface area contributed by atoms with Gasteiger partial charge in [-0.1, -0.05) is 44.5 Å². The molecule has 0 saturated heterocycles. The van der Waals surface area contributed by atoms with Crippen molar-refractivity contribution in [2.24, 2.45) is 5.41 Å². The number of amides is 1. The minimum atomic E-state index is -1.17. The summed E-state index contributed by atoms with van der Waals surface area (Å²) in [7, 11) is 0. The monoisotopic (exact) mass is 561 g/mol. The highest BCUT2D eigenvalue weighted by Gasteiger charge is 2.50. The molecule has 0 bridgehead atoms. The van der Waals surface area contributed by atoms with Gasteiger partial charge in [0, 0.05) is 17.1 Å². The van der Waals surface area contributed by atoms with Gasteiger partial charge in [-0.2, -0.15) is 0 Å². The number of rotatable bonds is 4. The summed E-state index contributed by atoms with van der Waals surface area (Å²) in [6.07, 6.45) is -1.52. The van der Waals surface area contributed by atoms with Gasteiger partial charge in [-0.15, -0.1) is 0 Å². The summed E-state index contributed by atoms with van der Waals surface area (Å²) in [5.74, 6) is -0.0726. The first-order chi connectivity index (χ1) is 14.4. The predicted molar refractivity (Wildman–Crippen MR) is 126 cm³/mol. The molecule has 1 amide bonds. The molecule has 2 atom stereocenters. The van der Waals surface area contributed by atoms with E-state index in [0.717, 1.165) is 20.8 Å². The molecular weight excluding hydrogens is 536 g/mol. The number of carbonyl (C=O) groups is 1. The maximum atomic E-state index is 14.1. The van der Waals surface area contributed by atoms with Gasteiger partial charge in [0.05, 0.1) is 9.11 Å². The van der Waals surface area contributed by atoms with Crippen molar-refractivity contribution in [2.45, 2.75) is 45.8 Å². The van der Waals surface area contributed by atoms with Crippen molar-refractivity contribution < 1.29 is 24.1 Å². The minimum Gasteiger partial charge on any atom is -0.489 e. The lowest BCUT2D eigenvalue weighted by molar-refractivity contribution is 0.00279. The van der Waals surface area contributed by atoms with E-state index < -0.39 is 23.6 Å². The van der Waals surface area contributed by atoms with E-state index in [0.29, 0.717) is 18.7 Å². The molecule has 2 aromatic rings. The highest BCUT2D eigenvalue weighted by molar-refractivity contribution is 14.1. The van der Waals surface area contributed by atoms with E-state index in [1.165, 1.54) is 17.0 Å². The van der Waals surface area contributed by atoms with E-state index in [9.17, 15) is 19.4 Å². The normalized spacial score (nSPS) is 19.7. The SMILES string of the molecule is CC(C)(C)C1(C)c2c(ccc(OCC(O)c3ccc(Cl)cc3F)c2I)CCN1C(=O)O. The third kappa shape index (κ3) is 4.36. The quantitative estimate of drug-likeness (QED) is 0.450. The van der Waals surface area contributed by atoms with Crippen LogP contribution in [-0.2, 0) is 12.0 Å². The van der Waals surface area contributed by atoms with Crippen molar-refractivity contribution in [3.05, 3.63) is 61.4 Å². The molecule has 0 saturated carbocycles. The van der Waals surface area contributed by atoms with Crippen LogP contribution in [0.25, 0.3) is 0 Å². The van der Waals surface area contributed by atoms with Crippen LogP contribution in [-0.4, -0.2) is 34.4 Å². The van der Waals surface area contributed by atoms with Crippen LogP contribution in [0.2, 0.25) is 5.02 Å². The smallest absolute Gasteiger partial charge is 0.408 e. The van der Waals surface area contributed by atoms with E-state index in [1.54, 1.807) is 0 Å². The van der Waals surface area contributed by atoms with Gasteiger partial charge in [-0.05, 0) is 70.7 Å². The lowest BCUT2D eigenvalue weighted by atomic mass is 9.66. The number of ether oxygens (including phenoxy) is 1. The second-order valence-electron chi connectivity index (χ2n) is 8.91. The fraction of sp³-hybridized carbons (Fsp3) is 0.435. The average Bonchev–Trinajstić information content (AvgIpc) is 2.66. The molecule has 1 aliphatic rings. The zero-order valence-electron chi connectivity index (χ0n) is 17.9. The second-order valence-corrected chi connectivity index (χ2v) is 10.4. The molecule has 1 heterocycles. The Balaban J connectivity index is 1.96. The fourth-order valence-corrected chi connectivity index (χ4v) is 5.50. The van der Waals surface area contributed by atoms with Gasteiger partial charge < -0.3 is 14.9 Å². The summed E-state index contributed by atoms with van der Waals surface area (Å²) in [5, 5.41) is 20.6. The summed E-state index contributed by atoms with van der Waals surface area (Å²) in [6, 6.07) is 7.88. The minimum absolute atomic E-state index is 0.106. The molecular formula is C23H26ClFINO4. The molecule has 2 unspecified atom stereocenters. The van der Waals surface area contributed by atoms with Crippen LogP contribution in [0, 0.1) is 14.8 Å². The first-order valence-electron chi connectivity index (χ1n) is 9.96.